The van der Waals surface area contributed by atoms with Crippen molar-refractivity contribution < 1.29 is 13.2 Å². The second kappa shape index (κ2) is 9.60. The van der Waals surface area contributed by atoms with Gasteiger partial charge in [0.2, 0.25) is 0 Å². The molecule has 0 heterocycles. The molecule has 29 heavy (non-hydrogen) atoms. The predicted octanol–water partition coefficient (Wildman–Crippen LogP) is 8.20. The minimum atomic E-state index is -1.18. The van der Waals surface area contributed by atoms with Crippen molar-refractivity contribution >= 4 is 22.4 Å². The predicted molar refractivity (Wildman–Crippen MR) is 117 cm³/mol. The van der Waals surface area contributed by atoms with Gasteiger partial charge in [-0.05, 0) is 48.8 Å². The number of aryl methyl sites for hydroxylation is 2. The molecule has 0 atom stereocenters. The van der Waals surface area contributed by atoms with Crippen molar-refractivity contribution in [3.05, 3.63) is 94.8 Å². The third kappa shape index (κ3) is 4.79. The van der Waals surface area contributed by atoms with Crippen molar-refractivity contribution in [3.8, 4) is 0 Å². The maximum Gasteiger partial charge on any atom is 0.169 e. The topological polar surface area (TPSA) is 0 Å². The van der Waals surface area contributed by atoms with Gasteiger partial charge in [0.25, 0.3) is 0 Å². The first-order valence-corrected chi connectivity index (χ1v) is 10.0. The van der Waals surface area contributed by atoms with Gasteiger partial charge >= 0.3 is 0 Å². The van der Waals surface area contributed by atoms with Crippen LogP contribution in [0.15, 0.2) is 66.7 Å². The van der Waals surface area contributed by atoms with Gasteiger partial charge in [0, 0.05) is 16.5 Å². The van der Waals surface area contributed by atoms with Gasteiger partial charge in [0.05, 0.1) is 0 Å². The van der Waals surface area contributed by atoms with Crippen LogP contribution in [0.1, 0.15) is 48.9 Å². The van der Waals surface area contributed by atoms with Crippen LogP contribution in [0, 0.1) is 5.82 Å². The lowest BCUT2D eigenvalue weighted by molar-refractivity contribution is 0.622. The van der Waals surface area contributed by atoms with Gasteiger partial charge in [-0.15, -0.1) is 0 Å². The SMILES string of the molecule is C/C=C/CCc1ccc2c(F)c(C(F)=C(F)c3ccc(CCC)cc3)ccc2c1. The molecule has 0 aliphatic rings. The first-order chi connectivity index (χ1) is 14.0. The van der Waals surface area contributed by atoms with Gasteiger partial charge in [-0.25, -0.2) is 13.2 Å². The van der Waals surface area contributed by atoms with E-state index in [0.717, 1.165) is 36.8 Å². The molecule has 0 unspecified atom stereocenters. The highest BCUT2D eigenvalue weighted by Crippen LogP contribution is 2.33. The Balaban J connectivity index is 1.94. The molecule has 0 bridgehead atoms. The maximum atomic E-state index is 14.9. The summed E-state index contributed by atoms with van der Waals surface area (Å²) < 4.78 is 44.4. The molecule has 0 aliphatic heterocycles. The largest absolute Gasteiger partial charge is 0.206 e. The lowest BCUT2D eigenvalue weighted by Crippen LogP contribution is -1.93. The van der Waals surface area contributed by atoms with Crippen molar-refractivity contribution in [1.29, 1.82) is 0 Å². The zero-order valence-corrected chi connectivity index (χ0v) is 16.8. The summed E-state index contributed by atoms with van der Waals surface area (Å²) in [5.74, 6) is -2.96. The molecular weight excluding hydrogens is 369 g/mol. The van der Waals surface area contributed by atoms with E-state index in [2.05, 4.69) is 13.0 Å². The fourth-order valence-electron chi connectivity index (χ4n) is 3.43. The van der Waals surface area contributed by atoms with Crippen molar-refractivity contribution in [2.75, 3.05) is 0 Å². The summed E-state index contributed by atoms with van der Waals surface area (Å²) in [5.41, 5.74) is 1.90. The molecule has 3 heteroatoms. The number of fused-ring (bicyclic) bond motifs is 1. The van der Waals surface area contributed by atoms with Gasteiger partial charge < -0.3 is 0 Å². The van der Waals surface area contributed by atoms with Gasteiger partial charge in [0.15, 0.2) is 11.7 Å². The van der Waals surface area contributed by atoms with Crippen molar-refractivity contribution in [2.24, 2.45) is 0 Å². The average Bonchev–Trinajstić information content (AvgIpc) is 2.74. The molecule has 0 saturated carbocycles. The number of benzene rings is 3. The fraction of sp³-hybridized carbons (Fsp3) is 0.231. The van der Waals surface area contributed by atoms with E-state index in [1.165, 1.54) is 18.2 Å². The van der Waals surface area contributed by atoms with E-state index in [1.807, 2.05) is 25.1 Å². The molecule has 0 aromatic heterocycles. The van der Waals surface area contributed by atoms with E-state index < -0.39 is 17.5 Å². The minimum absolute atomic E-state index is 0.112. The highest BCUT2D eigenvalue weighted by molar-refractivity contribution is 5.91. The first kappa shape index (κ1) is 20.9. The standard InChI is InChI=1S/C26H25F3/c1-3-5-6-8-19-11-15-22-21(17-19)14-16-23(25(22)28)26(29)24(27)20-12-9-18(7-4-2)10-13-20/h3,5,9-17H,4,6-8H2,1-2H3/b5-3+,26-24?. The van der Waals surface area contributed by atoms with Crippen LogP contribution in [0.25, 0.3) is 22.4 Å². The first-order valence-electron chi connectivity index (χ1n) is 10.0. The number of halogens is 3. The van der Waals surface area contributed by atoms with Crippen LogP contribution in [0.3, 0.4) is 0 Å². The fourth-order valence-corrected chi connectivity index (χ4v) is 3.43. The molecule has 0 radical (unpaired) electrons. The van der Waals surface area contributed by atoms with E-state index in [-0.39, 0.29) is 11.1 Å². The molecule has 0 fully saturated rings. The van der Waals surface area contributed by atoms with E-state index in [9.17, 15) is 13.2 Å². The van der Waals surface area contributed by atoms with Gasteiger partial charge in [-0.2, -0.15) is 0 Å². The summed E-state index contributed by atoms with van der Waals surface area (Å²) in [5, 5.41) is 0.972. The molecule has 0 nitrogen and oxygen atoms in total. The lowest BCUT2D eigenvalue weighted by Gasteiger charge is -2.09. The number of hydrogen-bond acceptors (Lipinski definition) is 0. The number of hydrogen-bond donors (Lipinski definition) is 0. The third-order valence-corrected chi connectivity index (χ3v) is 5.03. The molecule has 0 N–H and O–H groups in total. The molecule has 3 aromatic rings. The van der Waals surface area contributed by atoms with Crippen LogP contribution < -0.4 is 0 Å². The van der Waals surface area contributed by atoms with Crippen LogP contribution >= 0.6 is 0 Å². The molecule has 0 amide bonds. The van der Waals surface area contributed by atoms with Crippen LogP contribution in [0.2, 0.25) is 0 Å². The highest BCUT2D eigenvalue weighted by Gasteiger charge is 2.17. The molecule has 3 aromatic carbocycles. The summed E-state index contributed by atoms with van der Waals surface area (Å²) in [7, 11) is 0. The van der Waals surface area contributed by atoms with E-state index in [4.69, 9.17) is 0 Å². The molecular formula is C26H25F3. The molecule has 0 spiro atoms. The second-order valence-electron chi connectivity index (χ2n) is 7.17. The molecule has 3 rings (SSSR count). The molecule has 0 saturated heterocycles. The zero-order valence-electron chi connectivity index (χ0n) is 16.8. The van der Waals surface area contributed by atoms with Crippen molar-refractivity contribution in [3.63, 3.8) is 0 Å². The van der Waals surface area contributed by atoms with Gasteiger partial charge in [-0.1, -0.05) is 74.0 Å². The Morgan fingerprint density at radius 2 is 1.59 bits per heavy atom. The zero-order chi connectivity index (χ0) is 20.8. The third-order valence-electron chi connectivity index (χ3n) is 5.03. The van der Waals surface area contributed by atoms with E-state index in [1.54, 1.807) is 24.3 Å². The Hall–Kier alpha value is -2.81. The van der Waals surface area contributed by atoms with Gasteiger partial charge in [-0.3, -0.25) is 0 Å². The summed E-state index contributed by atoms with van der Waals surface area (Å²) in [4.78, 5) is 0. The smallest absolute Gasteiger partial charge is 0.169 e. The average molecular weight is 394 g/mol. The van der Waals surface area contributed by atoms with E-state index in [0.29, 0.717) is 10.8 Å². The summed E-state index contributed by atoms with van der Waals surface area (Å²) >= 11 is 0. The second-order valence-corrected chi connectivity index (χ2v) is 7.17. The quantitative estimate of drug-likeness (QED) is 0.280. The van der Waals surface area contributed by atoms with E-state index >= 15 is 0 Å². The summed E-state index contributed by atoms with van der Waals surface area (Å²) in [6, 6.07) is 15.0. The number of rotatable bonds is 7. The van der Waals surface area contributed by atoms with Crippen LogP contribution in [0.4, 0.5) is 13.2 Å². The van der Waals surface area contributed by atoms with Crippen molar-refractivity contribution in [1.82, 2.24) is 0 Å². The highest BCUT2D eigenvalue weighted by atomic mass is 19.2. The summed E-state index contributed by atoms with van der Waals surface area (Å²) in [6.45, 7) is 4.03. The van der Waals surface area contributed by atoms with Crippen LogP contribution in [-0.2, 0) is 12.8 Å². The molecule has 0 aliphatic carbocycles. The maximum absolute atomic E-state index is 14.9. The minimum Gasteiger partial charge on any atom is -0.206 e. The number of allylic oxidation sites excluding steroid dienone is 2. The Kier molecular flexibility index (Phi) is 6.92. The summed E-state index contributed by atoms with van der Waals surface area (Å²) in [6.07, 6.45) is 7.68. The Labute approximate surface area is 170 Å². The lowest BCUT2D eigenvalue weighted by atomic mass is 9.99. The van der Waals surface area contributed by atoms with Gasteiger partial charge in [0.1, 0.15) is 5.82 Å². The Morgan fingerprint density at radius 1 is 0.862 bits per heavy atom. The monoisotopic (exact) mass is 394 g/mol. The Bertz CT molecular complexity index is 1040. The molecule has 150 valence electrons. The van der Waals surface area contributed by atoms with Crippen molar-refractivity contribution in [2.45, 2.75) is 39.5 Å². The van der Waals surface area contributed by atoms with Crippen LogP contribution in [-0.4, -0.2) is 0 Å². The normalized spacial score (nSPS) is 12.6. The Morgan fingerprint density at radius 3 is 2.28 bits per heavy atom. The van der Waals surface area contributed by atoms with Crippen LogP contribution in [0.5, 0.6) is 0 Å².